The summed E-state index contributed by atoms with van der Waals surface area (Å²) in [6.07, 6.45) is 1.69. The van der Waals surface area contributed by atoms with Crippen molar-refractivity contribution in [1.29, 1.82) is 0 Å². The quantitative estimate of drug-likeness (QED) is 0.676. The molecule has 25 heavy (non-hydrogen) atoms. The van der Waals surface area contributed by atoms with Crippen LogP contribution in [0.25, 0.3) is 22.3 Å². The summed E-state index contributed by atoms with van der Waals surface area (Å²) in [5.41, 5.74) is 3.11. The van der Waals surface area contributed by atoms with Crippen molar-refractivity contribution in [3.8, 4) is 17.1 Å². The maximum atomic E-state index is 9.05. The maximum Gasteiger partial charge on any atom is 0.213 e. The molecule has 0 atom stereocenters. The second kappa shape index (κ2) is 7.99. The average Bonchev–Trinajstić information content (AvgIpc) is 2.67. The molecule has 0 fully saturated rings. The lowest BCUT2D eigenvalue weighted by molar-refractivity contribution is -0.500. The van der Waals surface area contributed by atoms with Gasteiger partial charge in [0.05, 0.1) is 18.6 Å². The Morgan fingerprint density at radius 1 is 1.08 bits per heavy atom. The van der Waals surface area contributed by atoms with Crippen LogP contribution in [0.3, 0.4) is 0 Å². The Morgan fingerprint density at radius 2 is 1.88 bits per heavy atom. The number of hydrogen-bond donors (Lipinski definition) is 2. The molecule has 0 aliphatic rings. The average molecular weight is 338 g/mol. The number of benzene rings is 2. The monoisotopic (exact) mass is 338 g/mol. The van der Waals surface area contributed by atoms with Gasteiger partial charge in [-0.05, 0) is 48.4 Å². The van der Waals surface area contributed by atoms with E-state index in [0.29, 0.717) is 13.0 Å². The van der Waals surface area contributed by atoms with Crippen LogP contribution in [0.2, 0.25) is 0 Å². The summed E-state index contributed by atoms with van der Waals surface area (Å²) >= 11 is 0. The number of methoxy groups -OCH3 is 1. The third kappa shape index (κ3) is 3.91. The molecular weight excluding hydrogens is 314 g/mol. The highest BCUT2D eigenvalue weighted by atomic mass is 16.5. The van der Waals surface area contributed by atoms with Crippen molar-refractivity contribution in [1.82, 2.24) is 0 Å². The fraction of sp³-hybridized carbons (Fsp3) is 0.286. The summed E-state index contributed by atoms with van der Waals surface area (Å²) in [5, 5.41) is 11.1. The summed E-state index contributed by atoms with van der Waals surface area (Å²) in [6, 6.07) is 16.1. The van der Waals surface area contributed by atoms with Crippen molar-refractivity contribution in [3.05, 3.63) is 59.5 Å². The molecule has 2 aromatic carbocycles. The number of nitrogens with one attached hydrogen (secondary N) is 1. The van der Waals surface area contributed by atoms with Gasteiger partial charge in [0.15, 0.2) is 0 Å². The molecule has 3 rings (SSSR count). The largest absolute Gasteiger partial charge is 0.497 e. The van der Waals surface area contributed by atoms with Crippen LogP contribution in [-0.2, 0) is 6.42 Å². The Bertz CT molecular complexity index is 911. The molecule has 0 aliphatic carbocycles. The predicted molar refractivity (Wildman–Crippen MR) is 98.2 cm³/mol. The number of hydrogen-bond acceptors (Lipinski definition) is 3. The molecule has 130 valence electrons. The highest BCUT2D eigenvalue weighted by Crippen LogP contribution is 2.24. The van der Waals surface area contributed by atoms with Crippen molar-refractivity contribution < 1.29 is 19.3 Å². The first kappa shape index (κ1) is 17.2. The Hall–Kier alpha value is -2.59. The van der Waals surface area contributed by atoms with Gasteiger partial charge in [-0.3, -0.25) is 0 Å². The Kier molecular flexibility index (Phi) is 5.51. The van der Waals surface area contributed by atoms with Gasteiger partial charge in [-0.2, -0.15) is 0 Å². The van der Waals surface area contributed by atoms with Gasteiger partial charge in [-0.1, -0.05) is 13.0 Å². The molecule has 0 bridgehead atoms. The number of aryl methyl sites for hydroxylation is 1. The minimum atomic E-state index is 0.174. The van der Waals surface area contributed by atoms with E-state index in [1.54, 1.807) is 7.11 Å². The summed E-state index contributed by atoms with van der Waals surface area (Å²) < 4.78 is 11.4. The zero-order valence-electron chi connectivity index (χ0n) is 14.7. The van der Waals surface area contributed by atoms with Crippen molar-refractivity contribution in [3.63, 3.8) is 0 Å². The Morgan fingerprint density at radius 3 is 2.56 bits per heavy atom. The summed E-state index contributed by atoms with van der Waals surface area (Å²) in [7, 11) is 1.66. The highest BCUT2D eigenvalue weighted by Gasteiger charge is 2.10. The topological polar surface area (TPSA) is 56.6 Å². The highest BCUT2D eigenvalue weighted by molar-refractivity contribution is 5.78. The first-order chi connectivity index (χ1) is 12.2. The van der Waals surface area contributed by atoms with Gasteiger partial charge in [-0.25, -0.2) is 4.99 Å². The van der Waals surface area contributed by atoms with Crippen LogP contribution in [0, 0.1) is 0 Å². The van der Waals surface area contributed by atoms with Crippen molar-refractivity contribution >= 4 is 11.0 Å². The van der Waals surface area contributed by atoms with Gasteiger partial charge in [0.2, 0.25) is 5.36 Å². The normalized spacial score (nSPS) is 11.9. The second-order valence-electron chi connectivity index (χ2n) is 5.94. The zero-order valence-corrected chi connectivity index (χ0v) is 14.7. The van der Waals surface area contributed by atoms with E-state index in [2.05, 4.69) is 24.0 Å². The molecule has 0 radical (unpaired) electrons. The molecule has 0 saturated carbocycles. The number of aliphatic hydroxyl groups is 1. The van der Waals surface area contributed by atoms with Gasteiger partial charge < -0.3 is 14.3 Å². The van der Waals surface area contributed by atoms with Crippen molar-refractivity contribution in [2.24, 2.45) is 0 Å². The Balaban J connectivity index is 2.14. The van der Waals surface area contributed by atoms with Crippen LogP contribution in [0.4, 0.5) is 0 Å². The van der Waals surface area contributed by atoms with Crippen LogP contribution in [-0.4, -0.2) is 25.4 Å². The van der Waals surface area contributed by atoms with Crippen molar-refractivity contribution in [2.45, 2.75) is 19.8 Å². The minimum Gasteiger partial charge on any atom is -0.497 e. The molecular formula is C21H24NO3+. The third-order valence-electron chi connectivity index (χ3n) is 4.26. The summed E-state index contributed by atoms with van der Waals surface area (Å²) in [6.45, 7) is 3.03. The number of fused-ring (bicyclic) bond motifs is 1. The lowest BCUT2D eigenvalue weighted by Gasteiger charge is -2.06. The molecule has 0 saturated heterocycles. The van der Waals surface area contributed by atoms with Crippen molar-refractivity contribution in [2.75, 3.05) is 20.3 Å². The van der Waals surface area contributed by atoms with E-state index in [1.165, 1.54) is 5.56 Å². The number of ether oxygens (including phenoxy) is 1. The van der Waals surface area contributed by atoms with E-state index < -0.39 is 0 Å². The fourth-order valence-electron chi connectivity index (χ4n) is 2.80. The van der Waals surface area contributed by atoms with Gasteiger partial charge in [-0.15, -0.1) is 0 Å². The van der Waals surface area contributed by atoms with Crippen LogP contribution in [0.1, 0.15) is 18.9 Å². The zero-order chi connectivity index (χ0) is 17.6. The molecule has 1 aromatic heterocycles. The van der Waals surface area contributed by atoms with E-state index in [4.69, 9.17) is 14.3 Å². The maximum absolute atomic E-state index is 9.05. The van der Waals surface area contributed by atoms with Crippen LogP contribution >= 0.6 is 0 Å². The molecule has 0 spiro atoms. The van der Waals surface area contributed by atoms with Gasteiger partial charge in [0.25, 0.3) is 0 Å². The van der Waals surface area contributed by atoms with Crippen LogP contribution in [0.5, 0.6) is 5.75 Å². The van der Waals surface area contributed by atoms with E-state index in [0.717, 1.165) is 39.8 Å². The van der Waals surface area contributed by atoms with Crippen LogP contribution in [0.15, 0.2) is 52.9 Å². The molecule has 2 N–H and O–H groups in total. The van der Waals surface area contributed by atoms with E-state index in [9.17, 15) is 0 Å². The summed E-state index contributed by atoms with van der Waals surface area (Å²) in [4.78, 5) is 3.43. The number of rotatable bonds is 6. The van der Waals surface area contributed by atoms with E-state index >= 15 is 0 Å². The molecule has 0 amide bonds. The van der Waals surface area contributed by atoms with E-state index in [-0.39, 0.29) is 6.61 Å². The summed E-state index contributed by atoms with van der Waals surface area (Å²) in [5.74, 6) is 1.62. The van der Waals surface area contributed by atoms with Gasteiger partial charge in [0.1, 0.15) is 23.6 Å². The van der Waals surface area contributed by atoms with E-state index in [1.807, 2.05) is 36.4 Å². The molecule has 1 heterocycles. The standard InChI is InChI=1S/C21H23NO3/c1-3-15-5-10-20-18(13-15)19(22-11-4-12-23)14-21(25-20)16-6-8-17(24-2)9-7-16/h5-10,13-14,23H,3-4,11-12H2,1-2H3/p+1. The number of aliphatic hydroxyl groups excluding tert-OH is 1. The molecule has 4 nitrogen and oxygen atoms in total. The second-order valence-corrected chi connectivity index (χ2v) is 5.94. The third-order valence-corrected chi connectivity index (χ3v) is 4.26. The van der Waals surface area contributed by atoms with Gasteiger partial charge in [0, 0.05) is 18.6 Å². The smallest absolute Gasteiger partial charge is 0.213 e. The minimum absolute atomic E-state index is 0.174. The SMILES string of the molecule is CCc1ccc2oc(-c3ccc(OC)cc3)cc(=[NH+]CCCO)c2c1. The molecule has 0 unspecified atom stereocenters. The molecule has 0 aliphatic heterocycles. The fourth-order valence-corrected chi connectivity index (χ4v) is 2.80. The first-order valence-corrected chi connectivity index (χ1v) is 8.64. The Labute approximate surface area is 147 Å². The lowest BCUT2D eigenvalue weighted by Crippen LogP contribution is -2.76. The predicted octanol–water partition coefficient (Wildman–Crippen LogP) is 2.03. The molecule has 3 aromatic rings. The molecule has 4 heteroatoms. The van der Waals surface area contributed by atoms with Gasteiger partial charge >= 0.3 is 0 Å². The lowest BCUT2D eigenvalue weighted by atomic mass is 10.1. The first-order valence-electron chi connectivity index (χ1n) is 8.64. The van der Waals surface area contributed by atoms with Crippen LogP contribution < -0.4 is 15.1 Å².